The molecule has 0 spiro atoms. The smallest absolute Gasteiger partial charge is 0.262 e. The fourth-order valence-corrected chi connectivity index (χ4v) is 3.80. The Morgan fingerprint density at radius 1 is 1.15 bits per heavy atom. The number of amides is 1. The van der Waals surface area contributed by atoms with Crippen LogP contribution in [0.15, 0.2) is 58.5 Å². The Bertz CT molecular complexity index is 1020. The minimum absolute atomic E-state index is 0.107. The number of halogens is 1. The number of aromatic nitrogens is 2. The Balaban J connectivity index is 1.84. The summed E-state index contributed by atoms with van der Waals surface area (Å²) in [5, 5.41) is 1.08. The van der Waals surface area contributed by atoms with Crippen molar-refractivity contribution < 1.29 is 9.18 Å². The molecule has 1 heterocycles. The maximum absolute atomic E-state index is 13.1. The molecule has 7 heteroatoms. The van der Waals surface area contributed by atoms with Gasteiger partial charge in [0.25, 0.3) is 5.56 Å². The van der Waals surface area contributed by atoms with Crippen molar-refractivity contribution in [3.63, 3.8) is 0 Å². The third-order valence-electron chi connectivity index (χ3n) is 4.22. The molecular formula is C20H20FN3O2S. The van der Waals surface area contributed by atoms with E-state index in [4.69, 9.17) is 0 Å². The van der Waals surface area contributed by atoms with E-state index >= 15 is 0 Å². The first kappa shape index (κ1) is 19.1. The zero-order chi connectivity index (χ0) is 19.4. The van der Waals surface area contributed by atoms with Gasteiger partial charge in [-0.3, -0.25) is 14.2 Å². The standard InChI is InChI=1S/C20H20FN3O2S/c1-3-23(15-11-9-14(21)10-12-15)18(25)13-27-20-22-17-8-6-5-7-16(17)19(26)24(20)4-2/h5-12H,3-4,13H2,1-2H3. The van der Waals surface area contributed by atoms with Crippen LogP contribution in [-0.2, 0) is 11.3 Å². The van der Waals surface area contributed by atoms with Crippen LogP contribution in [0.4, 0.5) is 10.1 Å². The lowest BCUT2D eigenvalue weighted by atomic mass is 10.2. The van der Waals surface area contributed by atoms with Crippen LogP contribution in [0.5, 0.6) is 0 Å². The van der Waals surface area contributed by atoms with Gasteiger partial charge in [-0.2, -0.15) is 0 Å². The summed E-state index contributed by atoms with van der Waals surface area (Å²) in [5.74, 6) is -0.334. The zero-order valence-electron chi connectivity index (χ0n) is 15.2. The summed E-state index contributed by atoms with van der Waals surface area (Å²) >= 11 is 1.24. The Morgan fingerprint density at radius 3 is 2.52 bits per heavy atom. The van der Waals surface area contributed by atoms with Crippen LogP contribution in [0.2, 0.25) is 0 Å². The molecule has 0 fully saturated rings. The van der Waals surface area contributed by atoms with Crippen molar-refractivity contribution in [3.8, 4) is 0 Å². The minimum Gasteiger partial charge on any atom is -0.312 e. The molecule has 0 N–H and O–H groups in total. The lowest BCUT2D eigenvalue weighted by molar-refractivity contribution is -0.116. The van der Waals surface area contributed by atoms with E-state index in [1.807, 2.05) is 26.0 Å². The van der Waals surface area contributed by atoms with Crippen molar-refractivity contribution in [2.24, 2.45) is 0 Å². The number of carbonyl (C=O) groups excluding carboxylic acids is 1. The van der Waals surface area contributed by atoms with Gasteiger partial charge in [-0.15, -0.1) is 0 Å². The highest BCUT2D eigenvalue weighted by Gasteiger charge is 2.17. The third kappa shape index (κ3) is 4.03. The van der Waals surface area contributed by atoms with Gasteiger partial charge in [0.05, 0.1) is 16.7 Å². The van der Waals surface area contributed by atoms with E-state index in [-0.39, 0.29) is 23.0 Å². The second-order valence-corrected chi connectivity index (χ2v) is 6.81. The molecule has 0 aliphatic rings. The first-order valence-corrected chi connectivity index (χ1v) is 9.72. The van der Waals surface area contributed by atoms with Gasteiger partial charge in [0.1, 0.15) is 5.82 Å². The van der Waals surface area contributed by atoms with E-state index in [1.165, 1.54) is 23.9 Å². The lowest BCUT2D eigenvalue weighted by Gasteiger charge is -2.21. The van der Waals surface area contributed by atoms with Crippen LogP contribution < -0.4 is 10.5 Å². The van der Waals surface area contributed by atoms with Gasteiger partial charge in [-0.25, -0.2) is 9.37 Å². The number of anilines is 1. The molecule has 2 aromatic carbocycles. The van der Waals surface area contributed by atoms with Crippen LogP contribution in [0, 0.1) is 5.82 Å². The predicted octanol–water partition coefficient (Wildman–Crippen LogP) is 3.70. The molecule has 0 atom stereocenters. The molecule has 3 aromatic rings. The Hall–Kier alpha value is -2.67. The van der Waals surface area contributed by atoms with Crippen molar-refractivity contribution in [1.82, 2.24) is 9.55 Å². The van der Waals surface area contributed by atoms with E-state index < -0.39 is 0 Å². The summed E-state index contributed by atoms with van der Waals surface area (Å²) in [7, 11) is 0. The quantitative estimate of drug-likeness (QED) is 0.480. The lowest BCUT2D eigenvalue weighted by Crippen LogP contribution is -2.32. The SMILES string of the molecule is CCN(C(=O)CSc1nc2ccccc2c(=O)n1CC)c1ccc(F)cc1. The van der Waals surface area contributed by atoms with Crippen molar-refractivity contribution >= 4 is 34.3 Å². The first-order valence-electron chi connectivity index (χ1n) is 8.73. The summed E-state index contributed by atoms with van der Waals surface area (Å²) in [6.07, 6.45) is 0. The highest BCUT2D eigenvalue weighted by Crippen LogP contribution is 2.21. The molecule has 0 saturated carbocycles. The van der Waals surface area contributed by atoms with Gasteiger partial charge in [0.2, 0.25) is 5.91 Å². The van der Waals surface area contributed by atoms with Crippen LogP contribution in [0.25, 0.3) is 10.9 Å². The zero-order valence-corrected chi connectivity index (χ0v) is 16.0. The minimum atomic E-state index is -0.344. The van der Waals surface area contributed by atoms with Gasteiger partial charge >= 0.3 is 0 Å². The molecule has 0 aliphatic carbocycles. The topological polar surface area (TPSA) is 55.2 Å². The van der Waals surface area contributed by atoms with Crippen molar-refractivity contribution in [2.75, 3.05) is 17.2 Å². The van der Waals surface area contributed by atoms with Gasteiger partial charge < -0.3 is 4.90 Å². The fraction of sp³-hybridized carbons (Fsp3) is 0.250. The maximum atomic E-state index is 13.1. The number of rotatable bonds is 6. The number of carbonyl (C=O) groups is 1. The molecule has 0 unspecified atom stereocenters. The van der Waals surface area contributed by atoms with Crippen molar-refractivity contribution in [3.05, 3.63) is 64.7 Å². The normalized spacial score (nSPS) is 10.9. The summed E-state index contributed by atoms with van der Waals surface area (Å²) < 4.78 is 14.7. The summed E-state index contributed by atoms with van der Waals surface area (Å²) in [5.41, 5.74) is 1.15. The van der Waals surface area contributed by atoms with E-state index in [2.05, 4.69) is 4.98 Å². The number of thioether (sulfide) groups is 1. The maximum Gasteiger partial charge on any atom is 0.262 e. The molecule has 0 radical (unpaired) electrons. The second kappa shape index (κ2) is 8.35. The van der Waals surface area contributed by atoms with Crippen molar-refractivity contribution in [1.29, 1.82) is 0 Å². The van der Waals surface area contributed by atoms with Crippen LogP contribution >= 0.6 is 11.8 Å². The third-order valence-corrected chi connectivity index (χ3v) is 5.18. The van der Waals surface area contributed by atoms with Gasteiger partial charge in [-0.1, -0.05) is 23.9 Å². The molecule has 0 aliphatic heterocycles. The molecule has 5 nitrogen and oxygen atoms in total. The molecule has 140 valence electrons. The fourth-order valence-electron chi connectivity index (χ4n) is 2.86. The Morgan fingerprint density at radius 2 is 1.85 bits per heavy atom. The summed E-state index contributed by atoms with van der Waals surface area (Å²) in [4.78, 5) is 31.5. The molecule has 1 amide bonds. The number of para-hydroxylation sites is 1. The monoisotopic (exact) mass is 385 g/mol. The largest absolute Gasteiger partial charge is 0.312 e. The molecule has 1 aromatic heterocycles. The Labute approximate surface area is 160 Å². The number of fused-ring (bicyclic) bond motifs is 1. The van der Waals surface area contributed by atoms with E-state index in [1.54, 1.807) is 33.7 Å². The van der Waals surface area contributed by atoms with E-state index in [0.29, 0.717) is 34.8 Å². The highest BCUT2D eigenvalue weighted by atomic mass is 32.2. The van der Waals surface area contributed by atoms with Gasteiger partial charge in [0.15, 0.2) is 5.16 Å². The number of nitrogens with zero attached hydrogens (tertiary/aromatic N) is 3. The number of benzene rings is 2. The van der Waals surface area contributed by atoms with E-state index in [0.717, 1.165) is 0 Å². The molecular weight excluding hydrogens is 365 g/mol. The summed E-state index contributed by atoms with van der Waals surface area (Å²) in [6, 6.07) is 13.0. The molecule has 27 heavy (non-hydrogen) atoms. The second-order valence-electron chi connectivity index (χ2n) is 5.86. The van der Waals surface area contributed by atoms with Crippen LogP contribution in [-0.4, -0.2) is 27.8 Å². The number of hydrogen-bond acceptors (Lipinski definition) is 4. The average molecular weight is 385 g/mol. The molecule has 0 bridgehead atoms. The van der Waals surface area contributed by atoms with Gasteiger partial charge in [-0.05, 0) is 50.2 Å². The van der Waals surface area contributed by atoms with Crippen LogP contribution in [0.1, 0.15) is 13.8 Å². The van der Waals surface area contributed by atoms with Gasteiger partial charge in [0, 0.05) is 18.8 Å². The average Bonchev–Trinajstić information content (AvgIpc) is 2.68. The summed E-state index contributed by atoms with van der Waals surface area (Å²) in [6.45, 7) is 4.68. The van der Waals surface area contributed by atoms with Crippen LogP contribution in [0.3, 0.4) is 0 Å². The predicted molar refractivity (Wildman–Crippen MR) is 107 cm³/mol. The number of hydrogen-bond donors (Lipinski definition) is 0. The molecule has 0 saturated heterocycles. The van der Waals surface area contributed by atoms with E-state index in [9.17, 15) is 14.0 Å². The van der Waals surface area contributed by atoms with Crippen molar-refractivity contribution in [2.45, 2.75) is 25.5 Å². The molecule has 3 rings (SSSR count). The Kier molecular flexibility index (Phi) is 5.91. The highest BCUT2D eigenvalue weighted by molar-refractivity contribution is 7.99. The first-order chi connectivity index (χ1) is 13.0.